The highest BCUT2D eigenvalue weighted by Crippen LogP contribution is 2.22. The maximum absolute atomic E-state index is 11.1. The third-order valence-corrected chi connectivity index (χ3v) is 5.74. The van der Waals surface area contributed by atoms with Gasteiger partial charge in [-0.05, 0) is 24.8 Å². The molecule has 0 unspecified atom stereocenters. The molecule has 2 aliphatic rings. The Hall–Kier alpha value is -1.46. The predicted molar refractivity (Wildman–Crippen MR) is 89.6 cm³/mol. The maximum atomic E-state index is 11.1. The van der Waals surface area contributed by atoms with Crippen LogP contribution in [0, 0.1) is 16.0 Å². The zero-order valence-corrected chi connectivity index (χ0v) is 14.1. The van der Waals surface area contributed by atoms with E-state index in [2.05, 4.69) is 6.92 Å². The molecule has 3 rings (SSSR count). The molecule has 5 nitrogen and oxygen atoms in total. The second-order valence-electron chi connectivity index (χ2n) is 7.44. The van der Waals surface area contributed by atoms with E-state index in [4.69, 9.17) is 0 Å². The number of nitro groups is 1. The number of nitrogens with one attached hydrogen (secondary N) is 2. The Morgan fingerprint density at radius 3 is 2.61 bits per heavy atom. The van der Waals surface area contributed by atoms with Crippen molar-refractivity contribution >= 4 is 5.69 Å². The van der Waals surface area contributed by atoms with Crippen molar-refractivity contribution in [3.8, 4) is 0 Å². The van der Waals surface area contributed by atoms with Gasteiger partial charge in [-0.1, -0.05) is 25.5 Å². The lowest BCUT2D eigenvalue weighted by Gasteiger charge is -2.37. The van der Waals surface area contributed by atoms with Crippen LogP contribution in [0.1, 0.15) is 38.2 Å². The number of para-hydroxylation sites is 1. The van der Waals surface area contributed by atoms with Crippen LogP contribution in [-0.2, 0) is 6.54 Å². The van der Waals surface area contributed by atoms with Crippen LogP contribution in [0.5, 0.6) is 0 Å². The number of rotatable bonds is 4. The van der Waals surface area contributed by atoms with Gasteiger partial charge in [0.15, 0.2) is 0 Å². The normalized spacial score (nSPS) is 31.7. The third kappa shape index (κ3) is 4.09. The molecule has 126 valence electrons. The van der Waals surface area contributed by atoms with Crippen molar-refractivity contribution in [3.63, 3.8) is 0 Å². The molecule has 1 aromatic rings. The molecule has 0 aromatic heterocycles. The standard InChI is InChI=1S/C18H27N3O2/c1-15-5-4-7-17(13-15)20-11-9-19(10-12-20)14-16-6-2-3-8-18(16)21(22)23/h2-3,6,8,15,17H,4-5,7,9-14H2,1H3/p+2/t15-,17-/m1/s1. The summed E-state index contributed by atoms with van der Waals surface area (Å²) in [4.78, 5) is 14.2. The number of hydrogen-bond donors (Lipinski definition) is 2. The zero-order valence-electron chi connectivity index (χ0n) is 14.1. The van der Waals surface area contributed by atoms with E-state index in [0.29, 0.717) is 0 Å². The number of benzene rings is 1. The lowest BCUT2D eigenvalue weighted by molar-refractivity contribution is -1.03. The number of hydrogen-bond acceptors (Lipinski definition) is 2. The smallest absolute Gasteiger partial charge is 0.278 e. The van der Waals surface area contributed by atoms with E-state index in [9.17, 15) is 10.1 Å². The Morgan fingerprint density at radius 2 is 1.91 bits per heavy atom. The number of nitrogens with zero attached hydrogens (tertiary/aromatic N) is 1. The minimum Gasteiger partial charge on any atom is -0.323 e. The van der Waals surface area contributed by atoms with E-state index < -0.39 is 0 Å². The number of nitro benzene ring substituents is 1. The molecule has 1 saturated heterocycles. The quantitative estimate of drug-likeness (QED) is 0.626. The molecule has 1 aliphatic carbocycles. The monoisotopic (exact) mass is 319 g/mol. The van der Waals surface area contributed by atoms with Gasteiger partial charge in [0.1, 0.15) is 32.7 Å². The molecule has 1 aliphatic heterocycles. The summed E-state index contributed by atoms with van der Waals surface area (Å²) in [5.74, 6) is 0.888. The Labute approximate surface area is 138 Å². The van der Waals surface area contributed by atoms with Crippen molar-refractivity contribution in [3.05, 3.63) is 39.9 Å². The molecule has 0 spiro atoms. The molecule has 1 heterocycles. The number of piperazine rings is 1. The van der Waals surface area contributed by atoms with Crippen LogP contribution in [0.3, 0.4) is 0 Å². The van der Waals surface area contributed by atoms with Crippen molar-refractivity contribution in [2.24, 2.45) is 5.92 Å². The maximum Gasteiger partial charge on any atom is 0.278 e. The van der Waals surface area contributed by atoms with Gasteiger partial charge < -0.3 is 9.80 Å². The topological polar surface area (TPSA) is 52.0 Å². The molecule has 1 aromatic carbocycles. The van der Waals surface area contributed by atoms with Crippen molar-refractivity contribution in [1.82, 2.24) is 0 Å². The van der Waals surface area contributed by atoms with Gasteiger partial charge in [-0.2, -0.15) is 0 Å². The highest BCUT2D eigenvalue weighted by molar-refractivity contribution is 5.39. The average molecular weight is 319 g/mol. The first-order chi connectivity index (χ1) is 11.1. The fourth-order valence-corrected chi connectivity index (χ4v) is 4.42. The van der Waals surface area contributed by atoms with Gasteiger partial charge in [-0.25, -0.2) is 0 Å². The lowest BCUT2D eigenvalue weighted by atomic mass is 9.86. The fraction of sp³-hybridized carbons (Fsp3) is 0.667. The molecule has 2 atom stereocenters. The first-order valence-corrected chi connectivity index (χ1v) is 9.04. The van der Waals surface area contributed by atoms with Gasteiger partial charge in [-0.3, -0.25) is 10.1 Å². The summed E-state index contributed by atoms with van der Waals surface area (Å²) in [5.41, 5.74) is 1.15. The summed E-state index contributed by atoms with van der Waals surface area (Å²) in [6.07, 6.45) is 5.56. The highest BCUT2D eigenvalue weighted by Gasteiger charge is 2.32. The second-order valence-corrected chi connectivity index (χ2v) is 7.44. The van der Waals surface area contributed by atoms with Crippen LogP contribution in [0.25, 0.3) is 0 Å². The second kappa shape index (κ2) is 7.41. The van der Waals surface area contributed by atoms with Crippen LogP contribution in [-0.4, -0.2) is 37.1 Å². The van der Waals surface area contributed by atoms with Crippen molar-refractivity contribution in [2.45, 2.75) is 45.2 Å². The summed E-state index contributed by atoms with van der Waals surface area (Å²) in [7, 11) is 0. The SMILES string of the molecule is C[C@@H]1CCC[C@@H]([NH+]2CC[NH+](Cc3ccccc3[N+](=O)[O-])CC2)C1. The summed E-state index contributed by atoms with van der Waals surface area (Å²) in [6.45, 7) is 7.87. The first-order valence-electron chi connectivity index (χ1n) is 9.04. The molecular weight excluding hydrogens is 290 g/mol. The summed E-state index contributed by atoms with van der Waals surface area (Å²) in [5, 5.41) is 11.1. The van der Waals surface area contributed by atoms with Crippen molar-refractivity contribution in [2.75, 3.05) is 26.2 Å². The highest BCUT2D eigenvalue weighted by atomic mass is 16.6. The fourth-order valence-electron chi connectivity index (χ4n) is 4.42. The summed E-state index contributed by atoms with van der Waals surface area (Å²) >= 11 is 0. The van der Waals surface area contributed by atoms with E-state index in [1.807, 2.05) is 12.1 Å². The van der Waals surface area contributed by atoms with Gasteiger partial charge in [0.25, 0.3) is 5.69 Å². The van der Waals surface area contributed by atoms with E-state index in [1.54, 1.807) is 17.0 Å². The van der Waals surface area contributed by atoms with Crippen LogP contribution in [0.4, 0.5) is 5.69 Å². The van der Waals surface area contributed by atoms with Crippen LogP contribution >= 0.6 is 0 Å². The largest absolute Gasteiger partial charge is 0.323 e. The Balaban J connectivity index is 1.54. The first kappa shape index (κ1) is 16.4. The minimum absolute atomic E-state index is 0.250. The Bertz CT molecular complexity index is 541. The van der Waals surface area contributed by atoms with Crippen molar-refractivity contribution < 1.29 is 14.7 Å². The molecule has 2 fully saturated rings. The Morgan fingerprint density at radius 1 is 1.17 bits per heavy atom. The molecule has 5 heteroatoms. The van der Waals surface area contributed by atoms with Crippen molar-refractivity contribution in [1.29, 1.82) is 0 Å². The van der Waals surface area contributed by atoms with Gasteiger partial charge in [0.2, 0.25) is 0 Å². The Kier molecular flexibility index (Phi) is 5.28. The molecule has 0 bridgehead atoms. The molecule has 23 heavy (non-hydrogen) atoms. The molecule has 0 amide bonds. The van der Waals surface area contributed by atoms with Gasteiger partial charge in [-0.15, -0.1) is 0 Å². The van der Waals surface area contributed by atoms with Gasteiger partial charge >= 0.3 is 0 Å². The zero-order chi connectivity index (χ0) is 16.2. The third-order valence-electron chi connectivity index (χ3n) is 5.74. The van der Waals surface area contributed by atoms with E-state index in [1.165, 1.54) is 43.7 Å². The molecular formula is C18H29N3O2+2. The van der Waals surface area contributed by atoms with E-state index in [0.717, 1.165) is 37.2 Å². The van der Waals surface area contributed by atoms with Gasteiger partial charge in [0.05, 0.1) is 16.5 Å². The molecule has 0 radical (unpaired) electrons. The molecule has 2 N–H and O–H groups in total. The van der Waals surface area contributed by atoms with Crippen LogP contribution in [0.2, 0.25) is 0 Å². The summed E-state index contributed by atoms with van der Waals surface area (Å²) < 4.78 is 0. The average Bonchev–Trinajstić information content (AvgIpc) is 2.56. The van der Waals surface area contributed by atoms with Gasteiger partial charge in [0, 0.05) is 12.5 Å². The summed E-state index contributed by atoms with van der Waals surface area (Å²) in [6, 6.07) is 8.05. The number of quaternary nitrogens is 2. The minimum atomic E-state index is -0.250. The molecule has 1 saturated carbocycles. The van der Waals surface area contributed by atoms with E-state index >= 15 is 0 Å². The lowest BCUT2D eigenvalue weighted by Crippen LogP contribution is -3.29. The predicted octanol–water partition coefficient (Wildman–Crippen LogP) is 0.457. The van der Waals surface area contributed by atoms with Crippen LogP contribution in [0.15, 0.2) is 24.3 Å². The van der Waals surface area contributed by atoms with E-state index in [-0.39, 0.29) is 10.6 Å². The van der Waals surface area contributed by atoms with Crippen LogP contribution < -0.4 is 9.80 Å².